The minimum absolute atomic E-state index is 0.274. The topological polar surface area (TPSA) is 72.3 Å². The van der Waals surface area contributed by atoms with E-state index in [9.17, 15) is 4.79 Å². The molecule has 1 aliphatic heterocycles. The molecule has 5 heteroatoms. The maximum absolute atomic E-state index is 11.1. The predicted molar refractivity (Wildman–Crippen MR) is 81.6 cm³/mol. The number of hydrogen-bond acceptors (Lipinski definition) is 3. The molecule has 0 bridgehead atoms. The standard InChI is InChI=1S/C15H22ClN3O/c1-10(17)11-4-6-19(7-5-11)9-13-3-2-12(15(18)20)8-14(13)16/h2-3,8,10-11H,4-7,9,17H2,1H3,(H2,18,20). The second kappa shape index (κ2) is 6.57. The molecule has 0 spiro atoms. The molecule has 110 valence electrons. The van der Waals surface area contributed by atoms with Gasteiger partial charge in [-0.3, -0.25) is 9.69 Å². The minimum atomic E-state index is -0.448. The number of amides is 1. The van der Waals surface area contributed by atoms with Gasteiger partial charge in [0, 0.05) is 23.2 Å². The normalized spacial score (nSPS) is 18.9. The molecule has 0 radical (unpaired) electrons. The fraction of sp³-hybridized carbons (Fsp3) is 0.533. The number of carbonyl (C=O) groups excluding carboxylic acids is 1. The lowest BCUT2D eigenvalue weighted by Gasteiger charge is -2.33. The van der Waals surface area contributed by atoms with Crippen LogP contribution in [0.1, 0.15) is 35.7 Å². The van der Waals surface area contributed by atoms with Gasteiger partial charge in [0.15, 0.2) is 0 Å². The number of likely N-dealkylation sites (tertiary alicyclic amines) is 1. The summed E-state index contributed by atoms with van der Waals surface area (Å²) in [6.07, 6.45) is 2.27. The molecule has 0 saturated carbocycles. The van der Waals surface area contributed by atoms with E-state index in [4.69, 9.17) is 23.1 Å². The Balaban J connectivity index is 1.96. The Morgan fingerprint density at radius 1 is 1.45 bits per heavy atom. The number of rotatable bonds is 4. The number of benzene rings is 1. The Morgan fingerprint density at radius 2 is 2.10 bits per heavy atom. The fourth-order valence-electron chi connectivity index (χ4n) is 2.71. The molecule has 1 saturated heterocycles. The fourth-order valence-corrected chi connectivity index (χ4v) is 2.95. The van der Waals surface area contributed by atoms with Crippen molar-refractivity contribution in [2.24, 2.45) is 17.4 Å². The summed E-state index contributed by atoms with van der Waals surface area (Å²) in [6, 6.07) is 5.54. The van der Waals surface area contributed by atoms with Crippen LogP contribution in [-0.4, -0.2) is 29.9 Å². The highest BCUT2D eigenvalue weighted by molar-refractivity contribution is 6.31. The van der Waals surface area contributed by atoms with E-state index in [1.807, 2.05) is 6.07 Å². The summed E-state index contributed by atoms with van der Waals surface area (Å²) in [7, 11) is 0. The van der Waals surface area contributed by atoms with Gasteiger partial charge in [0.25, 0.3) is 0 Å². The first-order valence-electron chi connectivity index (χ1n) is 7.03. The van der Waals surface area contributed by atoms with Crippen LogP contribution < -0.4 is 11.5 Å². The van der Waals surface area contributed by atoms with E-state index in [1.54, 1.807) is 12.1 Å². The monoisotopic (exact) mass is 295 g/mol. The highest BCUT2D eigenvalue weighted by Gasteiger charge is 2.22. The van der Waals surface area contributed by atoms with Gasteiger partial charge in [0.1, 0.15) is 0 Å². The van der Waals surface area contributed by atoms with Gasteiger partial charge in [0.05, 0.1) is 0 Å². The summed E-state index contributed by atoms with van der Waals surface area (Å²) in [6.45, 7) is 4.98. The van der Waals surface area contributed by atoms with Crippen molar-refractivity contribution in [1.82, 2.24) is 4.90 Å². The number of primary amides is 1. The van der Waals surface area contributed by atoms with Gasteiger partial charge in [0.2, 0.25) is 5.91 Å². The van der Waals surface area contributed by atoms with E-state index in [-0.39, 0.29) is 6.04 Å². The van der Waals surface area contributed by atoms with Crippen LogP contribution in [0, 0.1) is 5.92 Å². The van der Waals surface area contributed by atoms with E-state index < -0.39 is 5.91 Å². The number of hydrogen-bond donors (Lipinski definition) is 2. The molecule has 2 rings (SSSR count). The van der Waals surface area contributed by atoms with Crippen LogP contribution in [0.5, 0.6) is 0 Å². The average molecular weight is 296 g/mol. The highest BCUT2D eigenvalue weighted by Crippen LogP contribution is 2.24. The van der Waals surface area contributed by atoms with Crippen molar-refractivity contribution in [3.8, 4) is 0 Å². The first-order valence-corrected chi connectivity index (χ1v) is 7.41. The SMILES string of the molecule is CC(N)C1CCN(Cc2ccc(C(N)=O)cc2Cl)CC1. The van der Waals surface area contributed by atoms with Gasteiger partial charge in [-0.15, -0.1) is 0 Å². The van der Waals surface area contributed by atoms with E-state index in [0.717, 1.165) is 38.0 Å². The molecular weight excluding hydrogens is 274 g/mol. The molecule has 1 atom stereocenters. The summed E-state index contributed by atoms with van der Waals surface area (Å²) in [5.41, 5.74) is 12.7. The highest BCUT2D eigenvalue weighted by atomic mass is 35.5. The molecule has 1 unspecified atom stereocenters. The minimum Gasteiger partial charge on any atom is -0.366 e. The van der Waals surface area contributed by atoms with Gasteiger partial charge < -0.3 is 11.5 Å². The quantitative estimate of drug-likeness (QED) is 0.892. The summed E-state index contributed by atoms with van der Waals surface area (Å²) in [5, 5.41) is 0.607. The van der Waals surface area contributed by atoms with E-state index >= 15 is 0 Å². The summed E-state index contributed by atoms with van der Waals surface area (Å²) in [5.74, 6) is 0.176. The van der Waals surface area contributed by atoms with Gasteiger partial charge in [-0.1, -0.05) is 17.7 Å². The molecule has 0 aromatic heterocycles. The Kier molecular flexibility index (Phi) is 5.02. The Hall–Kier alpha value is -1.10. The average Bonchev–Trinajstić information content (AvgIpc) is 2.41. The van der Waals surface area contributed by atoms with Crippen LogP contribution in [0.25, 0.3) is 0 Å². The molecule has 1 aliphatic rings. The third kappa shape index (κ3) is 3.72. The Labute approximate surface area is 125 Å². The van der Waals surface area contributed by atoms with Crippen LogP contribution in [-0.2, 0) is 6.54 Å². The zero-order valence-electron chi connectivity index (χ0n) is 11.8. The lowest BCUT2D eigenvalue weighted by molar-refractivity contribution is 0.1000. The third-order valence-corrected chi connectivity index (χ3v) is 4.46. The summed E-state index contributed by atoms with van der Waals surface area (Å²) in [4.78, 5) is 13.5. The lowest BCUT2D eigenvalue weighted by atomic mass is 9.91. The molecule has 4 nitrogen and oxygen atoms in total. The van der Waals surface area contributed by atoms with Crippen LogP contribution in [0.15, 0.2) is 18.2 Å². The number of piperidine rings is 1. The maximum Gasteiger partial charge on any atom is 0.248 e. The van der Waals surface area contributed by atoms with Crippen molar-refractivity contribution in [1.29, 1.82) is 0 Å². The first kappa shape index (κ1) is 15.3. The molecule has 1 aromatic carbocycles. The summed E-state index contributed by atoms with van der Waals surface area (Å²) < 4.78 is 0. The molecule has 4 N–H and O–H groups in total. The van der Waals surface area contributed by atoms with Gasteiger partial charge >= 0.3 is 0 Å². The molecule has 1 fully saturated rings. The number of halogens is 1. The van der Waals surface area contributed by atoms with Gasteiger partial charge in [-0.25, -0.2) is 0 Å². The van der Waals surface area contributed by atoms with Crippen molar-refractivity contribution in [2.75, 3.05) is 13.1 Å². The zero-order chi connectivity index (χ0) is 14.7. The second-order valence-corrected chi connectivity index (χ2v) is 6.05. The van der Waals surface area contributed by atoms with Crippen molar-refractivity contribution >= 4 is 17.5 Å². The van der Waals surface area contributed by atoms with Crippen LogP contribution >= 0.6 is 11.6 Å². The van der Waals surface area contributed by atoms with E-state index in [0.29, 0.717) is 16.5 Å². The van der Waals surface area contributed by atoms with E-state index in [2.05, 4.69) is 11.8 Å². The summed E-state index contributed by atoms with van der Waals surface area (Å²) >= 11 is 6.22. The zero-order valence-corrected chi connectivity index (χ0v) is 12.6. The molecule has 20 heavy (non-hydrogen) atoms. The molecule has 1 aromatic rings. The Morgan fingerprint density at radius 3 is 2.60 bits per heavy atom. The van der Waals surface area contributed by atoms with Crippen LogP contribution in [0.3, 0.4) is 0 Å². The predicted octanol–water partition coefficient (Wildman–Crippen LogP) is 2.00. The lowest BCUT2D eigenvalue weighted by Crippen LogP contribution is -2.39. The maximum atomic E-state index is 11.1. The molecular formula is C15H22ClN3O. The first-order chi connectivity index (χ1) is 9.47. The van der Waals surface area contributed by atoms with Crippen molar-refractivity contribution in [2.45, 2.75) is 32.4 Å². The Bertz CT molecular complexity index is 482. The number of carbonyl (C=O) groups is 1. The number of nitrogens with zero attached hydrogens (tertiary/aromatic N) is 1. The van der Waals surface area contributed by atoms with Crippen LogP contribution in [0.2, 0.25) is 5.02 Å². The van der Waals surface area contributed by atoms with Gasteiger partial charge in [-0.05, 0) is 56.5 Å². The largest absolute Gasteiger partial charge is 0.366 e. The van der Waals surface area contributed by atoms with Crippen molar-refractivity contribution in [3.63, 3.8) is 0 Å². The van der Waals surface area contributed by atoms with Gasteiger partial charge in [-0.2, -0.15) is 0 Å². The number of nitrogens with two attached hydrogens (primary N) is 2. The smallest absolute Gasteiger partial charge is 0.248 e. The van der Waals surface area contributed by atoms with Crippen molar-refractivity contribution < 1.29 is 4.79 Å². The van der Waals surface area contributed by atoms with Crippen molar-refractivity contribution in [3.05, 3.63) is 34.3 Å². The third-order valence-electron chi connectivity index (χ3n) is 4.11. The molecule has 1 heterocycles. The second-order valence-electron chi connectivity index (χ2n) is 5.64. The molecule has 1 amide bonds. The van der Waals surface area contributed by atoms with Crippen LogP contribution in [0.4, 0.5) is 0 Å². The van der Waals surface area contributed by atoms with E-state index in [1.165, 1.54) is 0 Å². The molecule has 0 aliphatic carbocycles.